The summed E-state index contributed by atoms with van der Waals surface area (Å²) in [5.41, 5.74) is 1.37. The Hall–Kier alpha value is 0.0500. The molecule has 0 spiro atoms. The van der Waals surface area contributed by atoms with Crippen LogP contribution >= 0.6 is 11.8 Å². The summed E-state index contributed by atoms with van der Waals surface area (Å²) >= 11 is 2.06. The molecular formula is C13H27NS. The lowest BCUT2D eigenvalue weighted by Crippen LogP contribution is -2.31. The van der Waals surface area contributed by atoms with E-state index in [-0.39, 0.29) is 0 Å². The highest BCUT2D eigenvalue weighted by molar-refractivity contribution is 7.99. The first-order valence-corrected chi connectivity index (χ1v) is 7.23. The van der Waals surface area contributed by atoms with Crippen LogP contribution in [-0.2, 0) is 0 Å². The molecule has 0 fully saturated rings. The largest absolute Gasteiger partial charge is 0.313 e. The molecule has 0 saturated heterocycles. The molecule has 0 aliphatic rings. The highest BCUT2D eigenvalue weighted by Gasteiger charge is 2.08. The van der Waals surface area contributed by atoms with E-state index in [0.717, 1.165) is 25.3 Å². The summed E-state index contributed by atoms with van der Waals surface area (Å²) in [5, 5.41) is 3.54. The van der Waals surface area contributed by atoms with Crippen molar-refractivity contribution in [3.05, 3.63) is 12.2 Å². The Bertz CT molecular complexity index is 166. The number of rotatable bonds is 9. The van der Waals surface area contributed by atoms with Gasteiger partial charge in [-0.25, -0.2) is 0 Å². The maximum Gasteiger partial charge on any atom is 0.0195 e. The SMILES string of the molecule is C=C(CC)CC(CSCC(C)C)NCC. The maximum atomic E-state index is 4.09. The molecule has 0 heterocycles. The van der Waals surface area contributed by atoms with Crippen LogP contribution in [-0.4, -0.2) is 24.1 Å². The average Bonchev–Trinajstić information content (AvgIpc) is 2.17. The Kier molecular flexibility index (Phi) is 9.32. The number of hydrogen-bond acceptors (Lipinski definition) is 2. The molecule has 15 heavy (non-hydrogen) atoms. The van der Waals surface area contributed by atoms with Crippen LogP contribution in [0, 0.1) is 5.92 Å². The smallest absolute Gasteiger partial charge is 0.0195 e. The van der Waals surface area contributed by atoms with Gasteiger partial charge in [0.25, 0.3) is 0 Å². The lowest BCUT2D eigenvalue weighted by atomic mass is 10.1. The molecule has 0 rings (SSSR count). The quantitative estimate of drug-likeness (QED) is 0.605. The fourth-order valence-electron chi connectivity index (χ4n) is 1.42. The van der Waals surface area contributed by atoms with Crippen LogP contribution in [0.5, 0.6) is 0 Å². The third kappa shape index (κ3) is 9.01. The van der Waals surface area contributed by atoms with Gasteiger partial charge in [-0.05, 0) is 31.1 Å². The van der Waals surface area contributed by atoms with Crippen LogP contribution in [0.3, 0.4) is 0 Å². The van der Waals surface area contributed by atoms with E-state index in [0.29, 0.717) is 6.04 Å². The summed E-state index contributed by atoms with van der Waals surface area (Å²) in [7, 11) is 0. The molecule has 0 radical (unpaired) electrons. The van der Waals surface area contributed by atoms with Gasteiger partial charge in [0.2, 0.25) is 0 Å². The van der Waals surface area contributed by atoms with E-state index in [2.05, 4.69) is 51.4 Å². The molecule has 1 atom stereocenters. The minimum absolute atomic E-state index is 0.617. The molecular weight excluding hydrogens is 202 g/mol. The standard InChI is InChI=1S/C13H27NS/c1-6-12(5)8-13(14-7-2)10-15-9-11(3)4/h11,13-14H,5-10H2,1-4H3. The van der Waals surface area contributed by atoms with Crippen molar-refractivity contribution in [2.45, 2.75) is 46.6 Å². The van der Waals surface area contributed by atoms with E-state index >= 15 is 0 Å². The second-order valence-corrected chi connectivity index (χ2v) is 5.57. The zero-order valence-corrected chi connectivity index (χ0v) is 11.6. The molecule has 2 heteroatoms. The third-order valence-electron chi connectivity index (χ3n) is 2.30. The van der Waals surface area contributed by atoms with Gasteiger partial charge in [0.15, 0.2) is 0 Å². The van der Waals surface area contributed by atoms with Crippen LogP contribution < -0.4 is 5.32 Å². The molecule has 0 saturated carbocycles. The van der Waals surface area contributed by atoms with E-state index in [1.165, 1.54) is 17.1 Å². The maximum absolute atomic E-state index is 4.09. The van der Waals surface area contributed by atoms with Crippen molar-refractivity contribution >= 4 is 11.8 Å². The Morgan fingerprint density at radius 2 is 1.93 bits per heavy atom. The van der Waals surface area contributed by atoms with Gasteiger partial charge in [0.05, 0.1) is 0 Å². The van der Waals surface area contributed by atoms with Crippen LogP contribution in [0.15, 0.2) is 12.2 Å². The second-order valence-electron chi connectivity index (χ2n) is 4.49. The minimum atomic E-state index is 0.617. The highest BCUT2D eigenvalue weighted by Crippen LogP contribution is 2.14. The highest BCUT2D eigenvalue weighted by atomic mass is 32.2. The van der Waals surface area contributed by atoms with Crippen molar-refractivity contribution in [3.8, 4) is 0 Å². The van der Waals surface area contributed by atoms with E-state index in [9.17, 15) is 0 Å². The number of thioether (sulfide) groups is 1. The summed E-state index contributed by atoms with van der Waals surface area (Å²) < 4.78 is 0. The van der Waals surface area contributed by atoms with Crippen molar-refractivity contribution < 1.29 is 0 Å². The van der Waals surface area contributed by atoms with Crippen molar-refractivity contribution in [3.63, 3.8) is 0 Å². The normalized spacial score (nSPS) is 13.1. The van der Waals surface area contributed by atoms with Gasteiger partial charge in [-0.15, -0.1) is 0 Å². The Labute approximate surface area is 100 Å². The van der Waals surface area contributed by atoms with Gasteiger partial charge in [0.1, 0.15) is 0 Å². The number of nitrogens with one attached hydrogen (secondary N) is 1. The zero-order valence-electron chi connectivity index (χ0n) is 10.8. The summed E-state index contributed by atoms with van der Waals surface area (Å²) in [6.07, 6.45) is 2.24. The predicted octanol–water partition coefficient (Wildman–Crippen LogP) is 3.71. The van der Waals surface area contributed by atoms with Crippen molar-refractivity contribution in [1.29, 1.82) is 0 Å². The molecule has 0 aliphatic carbocycles. The molecule has 1 N–H and O–H groups in total. The van der Waals surface area contributed by atoms with Gasteiger partial charge in [0, 0.05) is 11.8 Å². The molecule has 0 aromatic carbocycles. The van der Waals surface area contributed by atoms with E-state index in [1.807, 2.05) is 0 Å². The molecule has 0 aliphatic heterocycles. The minimum Gasteiger partial charge on any atom is -0.313 e. The molecule has 0 aromatic heterocycles. The van der Waals surface area contributed by atoms with E-state index in [1.54, 1.807) is 0 Å². The van der Waals surface area contributed by atoms with Gasteiger partial charge in [-0.1, -0.05) is 39.8 Å². The number of hydrogen-bond donors (Lipinski definition) is 1. The lowest BCUT2D eigenvalue weighted by molar-refractivity contribution is 0.565. The monoisotopic (exact) mass is 229 g/mol. The average molecular weight is 229 g/mol. The van der Waals surface area contributed by atoms with Crippen molar-refractivity contribution in [2.75, 3.05) is 18.1 Å². The topological polar surface area (TPSA) is 12.0 Å². The van der Waals surface area contributed by atoms with E-state index in [4.69, 9.17) is 0 Å². The molecule has 1 unspecified atom stereocenters. The Morgan fingerprint density at radius 1 is 1.27 bits per heavy atom. The summed E-state index contributed by atoms with van der Waals surface area (Å²) in [6, 6.07) is 0.617. The third-order valence-corrected chi connectivity index (χ3v) is 3.84. The van der Waals surface area contributed by atoms with Gasteiger partial charge in [-0.2, -0.15) is 11.8 Å². The molecule has 0 bridgehead atoms. The van der Waals surface area contributed by atoms with Crippen molar-refractivity contribution in [2.24, 2.45) is 5.92 Å². The van der Waals surface area contributed by atoms with E-state index < -0.39 is 0 Å². The van der Waals surface area contributed by atoms with Crippen LogP contribution in [0.4, 0.5) is 0 Å². The second kappa shape index (κ2) is 9.29. The fourth-order valence-corrected chi connectivity index (χ4v) is 2.55. The lowest BCUT2D eigenvalue weighted by Gasteiger charge is -2.18. The molecule has 0 amide bonds. The van der Waals surface area contributed by atoms with Crippen LogP contribution in [0.2, 0.25) is 0 Å². The first-order chi connectivity index (χ1) is 7.10. The zero-order chi connectivity index (χ0) is 11.7. The molecule has 0 aromatic rings. The van der Waals surface area contributed by atoms with Gasteiger partial charge < -0.3 is 5.32 Å². The molecule has 1 nitrogen and oxygen atoms in total. The summed E-state index contributed by atoms with van der Waals surface area (Å²) in [6.45, 7) is 14.1. The summed E-state index contributed by atoms with van der Waals surface area (Å²) in [4.78, 5) is 0. The first kappa shape index (κ1) is 15.0. The predicted molar refractivity (Wildman–Crippen MR) is 73.7 cm³/mol. The van der Waals surface area contributed by atoms with Gasteiger partial charge in [-0.3, -0.25) is 0 Å². The summed E-state index contributed by atoms with van der Waals surface area (Å²) in [5.74, 6) is 3.28. The van der Waals surface area contributed by atoms with Gasteiger partial charge >= 0.3 is 0 Å². The Balaban J connectivity index is 3.77. The Morgan fingerprint density at radius 3 is 2.40 bits per heavy atom. The fraction of sp³-hybridized carbons (Fsp3) is 0.846. The van der Waals surface area contributed by atoms with Crippen LogP contribution in [0.1, 0.15) is 40.5 Å². The van der Waals surface area contributed by atoms with Crippen molar-refractivity contribution in [1.82, 2.24) is 5.32 Å². The first-order valence-electron chi connectivity index (χ1n) is 6.07. The molecule has 90 valence electrons. The van der Waals surface area contributed by atoms with Crippen LogP contribution in [0.25, 0.3) is 0 Å².